The number of aliphatic hydroxyl groups excluding tert-OH is 2. The molecule has 150 valence electrons. The van der Waals surface area contributed by atoms with Crippen molar-refractivity contribution in [1.29, 1.82) is 0 Å². The molecule has 0 spiro atoms. The van der Waals surface area contributed by atoms with Gasteiger partial charge in [0, 0.05) is 17.7 Å². The number of thiazole rings is 1. The number of rotatable bonds is 8. The van der Waals surface area contributed by atoms with Gasteiger partial charge in [-0.15, -0.1) is 11.3 Å². The van der Waals surface area contributed by atoms with Gasteiger partial charge in [-0.05, 0) is 25.2 Å². The lowest BCUT2D eigenvalue weighted by Crippen LogP contribution is -2.30. The van der Waals surface area contributed by atoms with Gasteiger partial charge in [0.2, 0.25) is 0 Å². The zero-order valence-corrected chi connectivity index (χ0v) is 16.5. The molecule has 1 unspecified atom stereocenters. The van der Waals surface area contributed by atoms with Gasteiger partial charge < -0.3 is 20.1 Å². The van der Waals surface area contributed by atoms with Gasteiger partial charge in [0.1, 0.15) is 11.1 Å². The Kier molecular flexibility index (Phi) is 7.03. The van der Waals surface area contributed by atoms with E-state index in [1.54, 1.807) is 5.38 Å². The smallest absolute Gasteiger partial charge is 0.355 e. The van der Waals surface area contributed by atoms with Gasteiger partial charge in [-0.3, -0.25) is 0 Å². The topological polar surface area (TPSA) is 99.9 Å². The van der Waals surface area contributed by atoms with Gasteiger partial charge in [-0.25, -0.2) is 9.78 Å². The third-order valence-electron chi connectivity index (χ3n) is 5.67. The molecule has 0 amide bonds. The summed E-state index contributed by atoms with van der Waals surface area (Å²) in [5, 5.41) is 31.9. The predicted octanol–water partition coefficient (Wildman–Crippen LogP) is 3.56. The minimum absolute atomic E-state index is 0.00245. The number of aliphatic hydroxyl groups is 2. The molecule has 1 aliphatic heterocycles. The number of nitrogens with zero attached hydrogens (tertiary/aromatic N) is 1. The third kappa shape index (κ3) is 4.96. The molecule has 2 heterocycles. The van der Waals surface area contributed by atoms with E-state index in [9.17, 15) is 15.0 Å². The molecule has 0 radical (unpaired) electrons. The number of hydrogen-bond acceptors (Lipinski definition) is 6. The molecule has 0 bridgehead atoms. The van der Waals surface area contributed by atoms with Crippen LogP contribution in [-0.4, -0.2) is 44.6 Å². The number of hydrogen-bond donors (Lipinski definition) is 3. The van der Waals surface area contributed by atoms with Crippen molar-refractivity contribution in [1.82, 2.24) is 4.98 Å². The lowest BCUT2D eigenvalue weighted by Gasteiger charge is -2.33. The molecule has 0 aromatic carbocycles. The van der Waals surface area contributed by atoms with Crippen molar-refractivity contribution in [2.45, 2.75) is 76.3 Å². The highest BCUT2D eigenvalue weighted by molar-refractivity contribution is 7.09. The largest absolute Gasteiger partial charge is 0.476 e. The van der Waals surface area contributed by atoms with E-state index < -0.39 is 18.2 Å². The standard InChI is InChI=1S/C20H29NO5S/c1-2-3-4-5-12(22)6-7-13-14-8-9-17(26-18(14)10-16(13)23)19-21-15(11-27-19)20(24)25/h6-7,11-14,16-18,22-23H,2-5,8-10H2,1H3,(H,24,25)/b7-6+/t12?,13-,14-,16-,17-,18+/m1/s1. The van der Waals surface area contributed by atoms with Gasteiger partial charge in [0.15, 0.2) is 5.69 Å². The van der Waals surface area contributed by atoms with Crippen molar-refractivity contribution in [3.05, 3.63) is 28.2 Å². The highest BCUT2D eigenvalue weighted by Crippen LogP contribution is 2.46. The van der Waals surface area contributed by atoms with Gasteiger partial charge in [-0.2, -0.15) is 0 Å². The Morgan fingerprint density at radius 3 is 2.96 bits per heavy atom. The van der Waals surface area contributed by atoms with Crippen molar-refractivity contribution in [2.24, 2.45) is 11.8 Å². The Morgan fingerprint density at radius 2 is 2.26 bits per heavy atom. The van der Waals surface area contributed by atoms with Crippen LogP contribution in [0.25, 0.3) is 0 Å². The quantitative estimate of drug-likeness (QED) is 0.460. The maximum Gasteiger partial charge on any atom is 0.355 e. The van der Waals surface area contributed by atoms with E-state index in [1.165, 1.54) is 11.3 Å². The van der Waals surface area contributed by atoms with Gasteiger partial charge in [0.25, 0.3) is 0 Å². The first-order valence-corrected chi connectivity index (χ1v) is 10.8. The van der Waals surface area contributed by atoms with E-state index in [-0.39, 0.29) is 29.7 Å². The predicted molar refractivity (Wildman–Crippen MR) is 103 cm³/mol. The zero-order valence-electron chi connectivity index (χ0n) is 15.7. The summed E-state index contributed by atoms with van der Waals surface area (Å²) in [6, 6.07) is 0. The van der Waals surface area contributed by atoms with Crippen molar-refractivity contribution < 1.29 is 24.9 Å². The Bertz CT molecular complexity index is 661. The van der Waals surface area contributed by atoms with Crippen LogP contribution in [0, 0.1) is 11.8 Å². The molecule has 1 aliphatic carbocycles. The maximum atomic E-state index is 11.0. The summed E-state index contributed by atoms with van der Waals surface area (Å²) in [4.78, 5) is 15.2. The van der Waals surface area contributed by atoms with E-state index in [0.717, 1.165) is 38.5 Å². The van der Waals surface area contributed by atoms with E-state index in [4.69, 9.17) is 9.84 Å². The molecular formula is C20H29NO5S. The number of aromatic carboxylic acids is 1. The lowest BCUT2D eigenvalue weighted by atomic mass is 9.86. The summed E-state index contributed by atoms with van der Waals surface area (Å²) >= 11 is 1.32. The molecule has 7 heteroatoms. The molecule has 6 nitrogen and oxygen atoms in total. The minimum atomic E-state index is -1.02. The van der Waals surface area contributed by atoms with Crippen LogP contribution in [0.4, 0.5) is 0 Å². The van der Waals surface area contributed by atoms with Crippen LogP contribution in [0.15, 0.2) is 17.5 Å². The van der Waals surface area contributed by atoms with Crippen LogP contribution in [0.3, 0.4) is 0 Å². The molecule has 6 atom stereocenters. The molecule has 3 N–H and O–H groups in total. The Labute approximate surface area is 163 Å². The zero-order chi connectivity index (χ0) is 19.4. The first-order chi connectivity index (χ1) is 13.0. The van der Waals surface area contributed by atoms with Crippen LogP contribution in [0.1, 0.15) is 73.5 Å². The second-order valence-electron chi connectivity index (χ2n) is 7.61. The van der Waals surface area contributed by atoms with Crippen molar-refractivity contribution >= 4 is 17.3 Å². The number of carbonyl (C=O) groups is 1. The maximum absolute atomic E-state index is 11.0. The average molecular weight is 396 g/mol. The first-order valence-electron chi connectivity index (χ1n) is 9.88. The van der Waals surface area contributed by atoms with Crippen LogP contribution in [-0.2, 0) is 4.74 Å². The summed E-state index contributed by atoms with van der Waals surface area (Å²) in [7, 11) is 0. The molecular weight excluding hydrogens is 366 g/mol. The number of aromatic nitrogens is 1. The molecule has 1 saturated heterocycles. The van der Waals surface area contributed by atoms with Gasteiger partial charge in [0.05, 0.1) is 18.3 Å². The minimum Gasteiger partial charge on any atom is -0.476 e. The van der Waals surface area contributed by atoms with E-state index >= 15 is 0 Å². The van der Waals surface area contributed by atoms with E-state index in [1.807, 2.05) is 12.2 Å². The molecule has 2 fully saturated rings. The van der Waals surface area contributed by atoms with E-state index in [2.05, 4.69) is 11.9 Å². The number of carboxylic acids is 1. The number of unbranched alkanes of at least 4 members (excludes halogenated alkanes) is 2. The fraction of sp³-hybridized carbons (Fsp3) is 0.700. The SMILES string of the molecule is CCCCCC(O)/C=C/[C@@H]1[C@H]2CC[C@H](c3nc(C(=O)O)cs3)O[C@H]2C[C@H]1O. The fourth-order valence-electron chi connectivity index (χ4n) is 4.20. The van der Waals surface area contributed by atoms with Crippen LogP contribution >= 0.6 is 11.3 Å². The van der Waals surface area contributed by atoms with Crippen molar-refractivity contribution in [3.8, 4) is 0 Å². The lowest BCUT2D eigenvalue weighted by molar-refractivity contribution is -0.0767. The fourth-order valence-corrected chi connectivity index (χ4v) is 5.07. The number of carboxylic acid groups (broad SMARTS) is 1. The van der Waals surface area contributed by atoms with Crippen LogP contribution in [0.2, 0.25) is 0 Å². The number of ether oxygens (including phenoxy) is 1. The summed E-state index contributed by atoms with van der Waals surface area (Å²) in [6.45, 7) is 2.14. The summed E-state index contributed by atoms with van der Waals surface area (Å²) in [6.07, 6.45) is 8.89. The van der Waals surface area contributed by atoms with Crippen molar-refractivity contribution in [2.75, 3.05) is 0 Å². The van der Waals surface area contributed by atoms with Crippen LogP contribution < -0.4 is 0 Å². The summed E-state index contributed by atoms with van der Waals surface area (Å²) in [5.41, 5.74) is 0.0602. The van der Waals surface area contributed by atoms with Crippen LogP contribution in [0.5, 0.6) is 0 Å². The van der Waals surface area contributed by atoms with E-state index in [0.29, 0.717) is 11.4 Å². The molecule has 1 saturated carbocycles. The Balaban J connectivity index is 1.57. The molecule has 3 rings (SSSR count). The van der Waals surface area contributed by atoms with Crippen molar-refractivity contribution in [3.63, 3.8) is 0 Å². The molecule has 1 aromatic rings. The normalized spacial score (nSPS) is 31.9. The number of fused-ring (bicyclic) bond motifs is 1. The molecule has 1 aromatic heterocycles. The van der Waals surface area contributed by atoms with Gasteiger partial charge >= 0.3 is 5.97 Å². The summed E-state index contributed by atoms with van der Waals surface area (Å²) in [5.74, 6) is -0.790. The molecule has 2 aliphatic rings. The van der Waals surface area contributed by atoms with Gasteiger partial charge in [-0.1, -0.05) is 38.3 Å². The molecule has 27 heavy (non-hydrogen) atoms. The second-order valence-corrected chi connectivity index (χ2v) is 8.50. The third-order valence-corrected chi connectivity index (χ3v) is 6.60. The second kappa shape index (κ2) is 9.28. The Hall–Kier alpha value is -1.28. The monoisotopic (exact) mass is 395 g/mol. The first kappa shape index (κ1) is 20.5. The highest BCUT2D eigenvalue weighted by atomic mass is 32.1. The average Bonchev–Trinajstić information content (AvgIpc) is 3.24. The summed E-state index contributed by atoms with van der Waals surface area (Å²) < 4.78 is 6.17. The highest BCUT2D eigenvalue weighted by Gasteiger charge is 2.45. The Morgan fingerprint density at radius 1 is 1.44 bits per heavy atom.